The molecule has 100 valence electrons. The summed E-state index contributed by atoms with van der Waals surface area (Å²) < 4.78 is 5.49. The molecule has 0 spiro atoms. The number of furan rings is 1. The van der Waals surface area contributed by atoms with E-state index in [4.69, 9.17) is 4.42 Å². The van der Waals surface area contributed by atoms with Crippen LogP contribution < -0.4 is 0 Å². The van der Waals surface area contributed by atoms with Crippen LogP contribution in [0.4, 0.5) is 0 Å². The van der Waals surface area contributed by atoms with Crippen LogP contribution in [0.25, 0.3) is 11.3 Å². The van der Waals surface area contributed by atoms with E-state index in [0.29, 0.717) is 0 Å². The molecule has 0 aliphatic carbocycles. The van der Waals surface area contributed by atoms with Gasteiger partial charge in [-0.15, -0.1) is 0 Å². The Hall–Kier alpha value is -2.28. The molecule has 0 radical (unpaired) electrons. The van der Waals surface area contributed by atoms with Crippen LogP contribution in [0.15, 0.2) is 71.3 Å². The van der Waals surface area contributed by atoms with Gasteiger partial charge in [0.1, 0.15) is 5.76 Å². The Bertz CT molecular complexity index is 666. The summed E-state index contributed by atoms with van der Waals surface area (Å²) in [5.74, 6) is 0.940. The molecule has 0 saturated carbocycles. The van der Waals surface area contributed by atoms with Crippen molar-refractivity contribution in [3.63, 3.8) is 0 Å². The van der Waals surface area contributed by atoms with Gasteiger partial charge in [0.15, 0.2) is 0 Å². The van der Waals surface area contributed by atoms with E-state index in [2.05, 4.69) is 55.5 Å². The summed E-state index contributed by atoms with van der Waals surface area (Å²) in [7, 11) is 0. The lowest BCUT2D eigenvalue weighted by Gasteiger charge is -2.06. The Kier molecular flexibility index (Phi) is 3.69. The van der Waals surface area contributed by atoms with Gasteiger partial charge in [0.2, 0.25) is 0 Å². The van der Waals surface area contributed by atoms with Crippen LogP contribution in [0.3, 0.4) is 0 Å². The molecule has 3 aromatic rings. The molecule has 0 aliphatic rings. The highest BCUT2D eigenvalue weighted by atomic mass is 16.3. The lowest BCUT2D eigenvalue weighted by molar-refractivity contribution is 0.582. The van der Waals surface area contributed by atoms with E-state index in [0.717, 1.165) is 24.2 Å². The smallest absolute Gasteiger partial charge is 0.133 e. The minimum Gasteiger partial charge on any atom is -0.464 e. The Morgan fingerprint density at radius 1 is 0.800 bits per heavy atom. The van der Waals surface area contributed by atoms with Crippen molar-refractivity contribution in [1.82, 2.24) is 0 Å². The van der Waals surface area contributed by atoms with Crippen molar-refractivity contribution in [2.75, 3.05) is 0 Å². The molecular weight excluding hydrogens is 244 g/mol. The standard InChI is InChI=1S/C19H18O/c1-15-12-17(10-9-16-6-3-2-4-7-16)14-18(13-15)19-8-5-11-20-19/h2-8,11-14H,9-10H2,1H3. The molecular formula is C19H18O. The molecule has 0 N–H and O–H groups in total. The molecule has 1 heterocycles. The SMILES string of the molecule is Cc1cc(CCc2ccccc2)cc(-c2ccco2)c1. The normalized spacial score (nSPS) is 10.7. The summed E-state index contributed by atoms with van der Waals surface area (Å²) in [5.41, 5.74) is 5.19. The highest BCUT2D eigenvalue weighted by Gasteiger charge is 2.04. The van der Waals surface area contributed by atoms with E-state index in [1.165, 1.54) is 16.7 Å². The molecule has 1 aromatic heterocycles. The zero-order chi connectivity index (χ0) is 13.8. The number of aryl methyl sites for hydroxylation is 3. The first-order valence-corrected chi connectivity index (χ1v) is 7.00. The highest BCUT2D eigenvalue weighted by Crippen LogP contribution is 2.23. The number of hydrogen-bond donors (Lipinski definition) is 0. The third-order valence-corrected chi connectivity index (χ3v) is 3.49. The molecule has 0 bridgehead atoms. The molecule has 0 unspecified atom stereocenters. The van der Waals surface area contributed by atoms with Gasteiger partial charge in [0.25, 0.3) is 0 Å². The summed E-state index contributed by atoms with van der Waals surface area (Å²) in [5, 5.41) is 0. The van der Waals surface area contributed by atoms with Crippen LogP contribution in [0.2, 0.25) is 0 Å². The van der Waals surface area contributed by atoms with Gasteiger partial charge >= 0.3 is 0 Å². The second-order valence-corrected chi connectivity index (χ2v) is 5.17. The van der Waals surface area contributed by atoms with Crippen molar-refractivity contribution in [1.29, 1.82) is 0 Å². The average molecular weight is 262 g/mol. The number of benzene rings is 2. The first kappa shape index (κ1) is 12.7. The first-order valence-electron chi connectivity index (χ1n) is 7.00. The van der Waals surface area contributed by atoms with E-state index in [-0.39, 0.29) is 0 Å². The third kappa shape index (κ3) is 3.00. The second kappa shape index (κ2) is 5.79. The van der Waals surface area contributed by atoms with Crippen LogP contribution in [-0.2, 0) is 12.8 Å². The van der Waals surface area contributed by atoms with Crippen molar-refractivity contribution in [3.05, 3.63) is 83.6 Å². The summed E-state index contributed by atoms with van der Waals surface area (Å²) in [6, 6.07) is 21.2. The summed E-state index contributed by atoms with van der Waals surface area (Å²) in [6.45, 7) is 2.14. The summed E-state index contributed by atoms with van der Waals surface area (Å²) in [4.78, 5) is 0. The second-order valence-electron chi connectivity index (χ2n) is 5.17. The quantitative estimate of drug-likeness (QED) is 0.642. The molecule has 0 fully saturated rings. The summed E-state index contributed by atoms with van der Waals surface area (Å²) >= 11 is 0. The van der Waals surface area contributed by atoms with Crippen LogP contribution >= 0.6 is 0 Å². The largest absolute Gasteiger partial charge is 0.464 e. The molecule has 3 rings (SSSR count). The molecule has 20 heavy (non-hydrogen) atoms. The maximum atomic E-state index is 5.49. The van der Waals surface area contributed by atoms with Gasteiger partial charge in [-0.1, -0.05) is 42.0 Å². The minimum absolute atomic E-state index is 0.940. The maximum Gasteiger partial charge on any atom is 0.133 e. The molecule has 0 atom stereocenters. The predicted octanol–water partition coefficient (Wildman–Crippen LogP) is 5.04. The van der Waals surface area contributed by atoms with Crippen LogP contribution in [-0.4, -0.2) is 0 Å². The fraction of sp³-hybridized carbons (Fsp3) is 0.158. The first-order chi connectivity index (χ1) is 9.81. The van der Waals surface area contributed by atoms with Gasteiger partial charge in [0, 0.05) is 5.56 Å². The molecule has 0 amide bonds. The van der Waals surface area contributed by atoms with Gasteiger partial charge in [-0.2, -0.15) is 0 Å². The Labute approximate surface area is 119 Å². The van der Waals surface area contributed by atoms with Crippen molar-refractivity contribution in [2.45, 2.75) is 19.8 Å². The van der Waals surface area contributed by atoms with Crippen molar-refractivity contribution in [3.8, 4) is 11.3 Å². The average Bonchev–Trinajstić information content (AvgIpc) is 3.00. The van der Waals surface area contributed by atoms with Crippen LogP contribution in [0.5, 0.6) is 0 Å². The van der Waals surface area contributed by atoms with Gasteiger partial charge in [-0.3, -0.25) is 0 Å². The predicted molar refractivity (Wildman–Crippen MR) is 82.7 cm³/mol. The van der Waals surface area contributed by atoms with Gasteiger partial charge < -0.3 is 4.42 Å². The molecule has 1 heteroatoms. The third-order valence-electron chi connectivity index (χ3n) is 3.49. The van der Waals surface area contributed by atoms with Gasteiger partial charge in [-0.05, 0) is 55.2 Å². The van der Waals surface area contributed by atoms with E-state index in [1.807, 2.05) is 12.1 Å². The molecule has 0 aliphatic heterocycles. The molecule has 1 nitrogen and oxygen atoms in total. The van der Waals surface area contributed by atoms with Gasteiger partial charge in [0.05, 0.1) is 6.26 Å². The van der Waals surface area contributed by atoms with Crippen molar-refractivity contribution in [2.24, 2.45) is 0 Å². The molecule has 2 aromatic carbocycles. The molecule has 0 saturated heterocycles. The topological polar surface area (TPSA) is 13.1 Å². The number of hydrogen-bond acceptors (Lipinski definition) is 1. The maximum absolute atomic E-state index is 5.49. The van der Waals surface area contributed by atoms with E-state index in [1.54, 1.807) is 6.26 Å². The Morgan fingerprint density at radius 3 is 2.35 bits per heavy atom. The lowest BCUT2D eigenvalue weighted by atomic mass is 9.99. The van der Waals surface area contributed by atoms with Gasteiger partial charge in [-0.25, -0.2) is 0 Å². The lowest BCUT2D eigenvalue weighted by Crippen LogP contribution is -1.92. The zero-order valence-corrected chi connectivity index (χ0v) is 11.7. The Balaban J connectivity index is 1.80. The highest BCUT2D eigenvalue weighted by molar-refractivity contribution is 5.59. The van der Waals surface area contributed by atoms with E-state index < -0.39 is 0 Å². The van der Waals surface area contributed by atoms with Crippen LogP contribution in [0.1, 0.15) is 16.7 Å². The monoisotopic (exact) mass is 262 g/mol. The summed E-state index contributed by atoms with van der Waals surface area (Å²) in [6.07, 6.45) is 3.85. The fourth-order valence-corrected chi connectivity index (χ4v) is 2.53. The van der Waals surface area contributed by atoms with E-state index >= 15 is 0 Å². The fourth-order valence-electron chi connectivity index (χ4n) is 2.53. The van der Waals surface area contributed by atoms with Crippen molar-refractivity contribution >= 4 is 0 Å². The minimum atomic E-state index is 0.940. The van der Waals surface area contributed by atoms with Crippen LogP contribution in [0, 0.1) is 6.92 Å². The van der Waals surface area contributed by atoms with E-state index in [9.17, 15) is 0 Å². The Morgan fingerprint density at radius 2 is 1.60 bits per heavy atom. The van der Waals surface area contributed by atoms with Crippen molar-refractivity contribution < 1.29 is 4.42 Å². The zero-order valence-electron chi connectivity index (χ0n) is 11.7. The number of rotatable bonds is 4.